The van der Waals surface area contributed by atoms with E-state index in [9.17, 15) is 14.0 Å². The number of carbonyl (C=O) groups excluding carboxylic acids is 2. The number of rotatable bonds is 9. The lowest BCUT2D eigenvalue weighted by Crippen LogP contribution is -2.18. The number of allylic oxidation sites excluding steroid dienone is 1. The van der Waals surface area contributed by atoms with Gasteiger partial charge in [-0.15, -0.1) is 16.8 Å². The van der Waals surface area contributed by atoms with Crippen molar-refractivity contribution in [2.75, 3.05) is 16.4 Å². The first-order valence-corrected chi connectivity index (χ1v) is 11.1. The normalized spacial score (nSPS) is 10.6. The van der Waals surface area contributed by atoms with E-state index < -0.39 is 11.7 Å². The molecule has 1 aromatic heterocycles. The summed E-state index contributed by atoms with van der Waals surface area (Å²) >= 11 is 13.1. The molecule has 3 rings (SSSR count). The van der Waals surface area contributed by atoms with Crippen LogP contribution in [0.2, 0.25) is 10.0 Å². The molecule has 0 aliphatic carbocycles. The molecule has 11 heteroatoms. The summed E-state index contributed by atoms with van der Waals surface area (Å²) in [7, 11) is 0. The van der Waals surface area contributed by atoms with Gasteiger partial charge < -0.3 is 15.2 Å². The number of nitrogens with zero attached hydrogens (tertiary/aromatic N) is 3. The number of amides is 2. The molecule has 0 aliphatic rings. The third kappa shape index (κ3) is 6.32. The second-order valence-corrected chi connectivity index (χ2v) is 8.25. The molecule has 0 bridgehead atoms. The van der Waals surface area contributed by atoms with Crippen molar-refractivity contribution in [1.29, 1.82) is 0 Å². The van der Waals surface area contributed by atoms with E-state index in [1.807, 2.05) is 0 Å². The molecular formula is C21H18Cl2FN5O2S. The van der Waals surface area contributed by atoms with E-state index in [0.717, 1.165) is 11.8 Å². The van der Waals surface area contributed by atoms with Crippen molar-refractivity contribution in [1.82, 2.24) is 14.8 Å². The van der Waals surface area contributed by atoms with Crippen molar-refractivity contribution in [2.24, 2.45) is 0 Å². The van der Waals surface area contributed by atoms with Gasteiger partial charge in [0.05, 0.1) is 28.6 Å². The fourth-order valence-corrected chi connectivity index (χ4v) is 3.90. The van der Waals surface area contributed by atoms with E-state index in [2.05, 4.69) is 27.4 Å². The number of carbonyl (C=O) groups is 2. The Balaban J connectivity index is 1.63. The summed E-state index contributed by atoms with van der Waals surface area (Å²) in [5.74, 6) is -0.875. The molecule has 2 N–H and O–H groups in total. The Hall–Kier alpha value is -2.88. The number of nitrogens with one attached hydrogen (secondary N) is 2. The Bertz CT molecular complexity index is 1150. The van der Waals surface area contributed by atoms with Gasteiger partial charge in [0.1, 0.15) is 11.6 Å². The first kappa shape index (κ1) is 23.8. The zero-order chi connectivity index (χ0) is 23.1. The molecule has 32 heavy (non-hydrogen) atoms. The minimum absolute atomic E-state index is 0.0374. The Morgan fingerprint density at radius 3 is 2.56 bits per heavy atom. The molecule has 3 aromatic rings. The molecule has 0 aliphatic heterocycles. The van der Waals surface area contributed by atoms with Gasteiger partial charge in [0.15, 0.2) is 5.16 Å². The summed E-state index contributed by atoms with van der Waals surface area (Å²) in [6, 6.07) is 10.6. The first-order valence-electron chi connectivity index (χ1n) is 9.32. The number of para-hydroxylation sites is 1. The van der Waals surface area contributed by atoms with E-state index >= 15 is 0 Å². The highest BCUT2D eigenvalue weighted by atomic mass is 35.5. The summed E-state index contributed by atoms with van der Waals surface area (Å²) in [5.41, 5.74) is 0.527. The molecule has 166 valence electrons. The number of aromatic nitrogens is 3. The zero-order valence-corrected chi connectivity index (χ0v) is 19.0. The van der Waals surface area contributed by atoms with Crippen LogP contribution in [0, 0.1) is 5.82 Å². The van der Waals surface area contributed by atoms with Crippen molar-refractivity contribution in [2.45, 2.75) is 18.1 Å². The molecular weight excluding hydrogens is 476 g/mol. The van der Waals surface area contributed by atoms with Crippen LogP contribution in [0.1, 0.15) is 5.82 Å². The molecule has 0 saturated carbocycles. The van der Waals surface area contributed by atoms with Crippen LogP contribution in [0.5, 0.6) is 0 Å². The Kier molecular flexibility index (Phi) is 8.26. The van der Waals surface area contributed by atoms with Crippen molar-refractivity contribution >= 4 is 58.2 Å². The fraction of sp³-hybridized carbons (Fsp3) is 0.143. The summed E-state index contributed by atoms with van der Waals surface area (Å²) in [4.78, 5) is 24.7. The number of halogens is 3. The third-order valence-corrected chi connectivity index (χ3v) is 5.62. The minimum Gasteiger partial charge on any atom is -0.324 e. The molecule has 0 unspecified atom stereocenters. The number of thioether (sulfide) groups is 1. The summed E-state index contributed by atoms with van der Waals surface area (Å²) in [5, 5.41) is 14.6. The molecule has 2 aromatic carbocycles. The van der Waals surface area contributed by atoms with Crippen LogP contribution in [0.4, 0.5) is 15.8 Å². The second kappa shape index (κ2) is 11.1. The van der Waals surface area contributed by atoms with Gasteiger partial charge in [0.25, 0.3) is 0 Å². The number of benzene rings is 2. The highest BCUT2D eigenvalue weighted by Gasteiger charge is 2.17. The first-order chi connectivity index (χ1) is 15.4. The highest BCUT2D eigenvalue weighted by Crippen LogP contribution is 2.26. The minimum atomic E-state index is -0.531. The predicted octanol–water partition coefficient (Wildman–Crippen LogP) is 4.82. The summed E-state index contributed by atoms with van der Waals surface area (Å²) in [6.07, 6.45) is 1.50. The maximum atomic E-state index is 13.8. The highest BCUT2D eigenvalue weighted by molar-refractivity contribution is 7.99. The molecule has 0 spiro atoms. The SMILES string of the molecule is C=CCn1c(CC(=O)Nc2ccccc2F)nnc1SCC(=O)Nc1ccc(Cl)cc1Cl. The van der Waals surface area contributed by atoms with Gasteiger partial charge in [-0.25, -0.2) is 4.39 Å². The van der Waals surface area contributed by atoms with Crippen LogP contribution in [0.25, 0.3) is 0 Å². The fourth-order valence-electron chi connectivity index (χ4n) is 2.68. The van der Waals surface area contributed by atoms with E-state index in [1.165, 1.54) is 24.3 Å². The maximum Gasteiger partial charge on any atom is 0.234 e. The predicted molar refractivity (Wildman–Crippen MR) is 125 cm³/mol. The lowest BCUT2D eigenvalue weighted by atomic mass is 10.3. The molecule has 1 heterocycles. The standard InChI is InChI=1S/C21H18Cl2FN5O2S/c1-2-9-29-18(11-19(30)26-17-6-4-3-5-15(17)24)27-28-21(29)32-12-20(31)25-16-8-7-13(22)10-14(16)23/h2-8,10H,1,9,11-12H2,(H,25,31)(H,26,30). The van der Waals surface area contributed by atoms with E-state index in [1.54, 1.807) is 28.8 Å². The average molecular weight is 494 g/mol. The van der Waals surface area contributed by atoms with Crippen molar-refractivity contribution in [3.05, 3.63) is 76.8 Å². The smallest absolute Gasteiger partial charge is 0.234 e. The van der Waals surface area contributed by atoms with Crippen molar-refractivity contribution in [3.63, 3.8) is 0 Å². The van der Waals surface area contributed by atoms with Crippen LogP contribution < -0.4 is 10.6 Å². The van der Waals surface area contributed by atoms with Gasteiger partial charge in [0, 0.05) is 11.6 Å². The molecule has 7 nitrogen and oxygen atoms in total. The Morgan fingerprint density at radius 1 is 1.09 bits per heavy atom. The number of hydrogen-bond donors (Lipinski definition) is 2. The number of hydrogen-bond acceptors (Lipinski definition) is 5. The number of anilines is 2. The summed E-state index contributed by atoms with van der Waals surface area (Å²) in [6.45, 7) is 4.04. The van der Waals surface area contributed by atoms with Crippen molar-refractivity contribution in [3.8, 4) is 0 Å². The van der Waals surface area contributed by atoms with Crippen LogP contribution in [0.3, 0.4) is 0 Å². The van der Waals surface area contributed by atoms with Crippen LogP contribution >= 0.6 is 35.0 Å². The molecule has 2 amide bonds. The van der Waals surface area contributed by atoms with E-state index in [0.29, 0.717) is 33.3 Å². The average Bonchev–Trinajstić information content (AvgIpc) is 3.12. The lowest BCUT2D eigenvalue weighted by Gasteiger charge is -2.09. The Morgan fingerprint density at radius 2 is 1.84 bits per heavy atom. The maximum absolute atomic E-state index is 13.8. The summed E-state index contributed by atoms with van der Waals surface area (Å²) < 4.78 is 15.4. The molecule has 0 saturated heterocycles. The zero-order valence-electron chi connectivity index (χ0n) is 16.6. The van der Waals surface area contributed by atoms with Crippen LogP contribution in [-0.2, 0) is 22.6 Å². The van der Waals surface area contributed by atoms with Gasteiger partial charge in [0.2, 0.25) is 11.8 Å². The van der Waals surface area contributed by atoms with Gasteiger partial charge in [-0.2, -0.15) is 0 Å². The van der Waals surface area contributed by atoms with E-state index in [4.69, 9.17) is 23.2 Å². The van der Waals surface area contributed by atoms with E-state index in [-0.39, 0.29) is 23.8 Å². The molecule has 0 atom stereocenters. The van der Waals surface area contributed by atoms with Gasteiger partial charge >= 0.3 is 0 Å². The molecule has 0 radical (unpaired) electrons. The quantitative estimate of drug-likeness (QED) is 0.329. The van der Waals surface area contributed by atoms with Crippen molar-refractivity contribution < 1.29 is 14.0 Å². The largest absolute Gasteiger partial charge is 0.324 e. The molecule has 0 fully saturated rings. The van der Waals surface area contributed by atoms with Crippen LogP contribution in [0.15, 0.2) is 60.3 Å². The van der Waals surface area contributed by atoms with Gasteiger partial charge in [-0.1, -0.05) is 53.2 Å². The Labute approximate surface area is 198 Å². The second-order valence-electron chi connectivity index (χ2n) is 6.46. The lowest BCUT2D eigenvalue weighted by molar-refractivity contribution is -0.116. The monoisotopic (exact) mass is 493 g/mol. The van der Waals surface area contributed by atoms with Gasteiger partial charge in [-0.3, -0.25) is 9.59 Å². The van der Waals surface area contributed by atoms with Gasteiger partial charge in [-0.05, 0) is 30.3 Å². The van der Waals surface area contributed by atoms with Crippen LogP contribution in [-0.4, -0.2) is 32.3 Å². The topological polar surface area (TPSA) is 88.9 Å². The third-order valence-electron chi connectivity index (χ3n) is 4.11.